The summed E-state index contributed by atoms with van der Waals surface area (Å²) in [6.07, 6.45) is 5.03. The summed E-state index contributed by atoms with van der Waals surface area (Å²) in [5, 5.41) is 4.72. The quantitative estimate of drug-likeness (QED) is 0.176. The second kappa shape index (κ2) is 14.5. The third-order valence-corrected chi connectivity index (χ3v) is 11.8. The lowest BCUT2D eigenvalue weighted by atomic mass is 10.0. The minimum absolute atomic E-state index is 0.0254. The number of ether oxygens (including phenoxy) is 1. The van der Waals surface area contributed by atoms with Crippen LogP contribution >= 0.6 is 7.60 Å². The van der Waals surface area contributed by atoms with Crippen molar-refractivity contribution >= 4 is 23.1 Å². The van der Waals surface area contributed by atoms with Gasteiger partial charge in [-0.05, 0) is 71.1 Å². The molecule has 3 heterocycles. The molecule has 0 amide bonds. The van der Waals surface area contributed by atoms with Gasteiger partial charge in [-0.25, -0.2) is 17.9 Å². The Morgan fingerprint density at radius 3 is 2.37 bits per heavy atom. The van der Waals surface area contributed by atoms with Crippen molar-refractivity contribution in [1.29, 1.82) is 0 Å². The first-order chi connectivity index (χ1) is 20.6. The summed E-state index contributed by atoms with van der Waals surface area (Å²) in [5.41, 5.74) is 0.983. The number of rotatable bonds is 15. The summed E-state index contributed by atoms with van der Waals surface area (Å²) in [6, 6.07) is 4.63. The number of aryl methyl sites for hydroxylation is 2. The standard InChI is InChI=1S/C29H44N5O7PS/c1-6-10-11-12-26-30-21(5)27-29(35)31-28(32-34(26)27)24-19-23(13-14-25(24)39-7-2)43(37,38)33-17-15-22(16-18-33)20-42(36,40-8-3)41-9-4/h13-14,19,22H,6-12,15-18,20H2,1-5H3,(H,31,32,35). The largest absolute Gasteiger partial charge is 0.493 e. The van der Waals surface area contributed by atoms with Crippen molar-refractivity contribution in [3.8, 4) is 17.1 Å². The number of piperidine rings is 1. The van der Waals surface area contributed by atoms with Gasteiger partial charge in [-0.15, -0.1) is 5.10 Å². The fourth-order valence-corrected chi connectivity index (χ4v) is 9.09. The number of H-pyrrole nitrogens is 1. The van der Waals surface area contributed by atoms with Crippen molar-refractivity contribution in [2.45, 2.75) is 78.0 Å². The maximum absolute atomic E-state index is 13.8. The number of nitrogens with one attached hydrogen (secondary N) is 1. The second-order valence-electron chi connectivity index (χ2n) is 10.7. The number of benzene rings is 1. The number of imidazole rings is 1. The first-order valence-corrected chi connectivity index (χ1v) is 18.4. The third kappa shape index (κ3) is 7.57. The van der Waals surface area contributed by atoms with E-state index in [4.69, 9.17) is 18.9 Å². The van der Waals surface area contributed by atoms with E-state index in [-0.39, 0.29) is 54.7 Å². The molecule has 12 nitrogen and oxygen atoms in total. The van der Waals surface area contributed by atoms with Crippen LogP contribution in [0.5, 0.6) is 5.75 Å². The Kier molecular flexibility index (Phi) is 11.2. The van der Waals surface area contributed by atoms with Gasteiger partial charge in [0.1, 0.15) is 11.6 Å². The molecule has 1 aliphatic heterocycles. The molecular formula is C29H44N5O7PS. The zero-order chi connectivity index (χ0) is 31.2. The lowest BCUT2D eigenvalue weighted by Gasteiger charge is -2.32. The highest BCUT2D eigenvalue weighted by molar-refractivity contribution is 7.89. The Labute approximate surface area is 253 Å². The number of aromatic nitrogens is 4. The van der Waals surface area contributed by atoms with E-state index in [2.05, 4.69) is 16.9 Å². The van der Waals surface area contributed by atoms with Crippen LogP contribution < -0.4 is 10.3 Å². The minimum Gasteiger partial charge on any atom is -0.493 e. The van der Waals surface area contributed by atoms with Crippen molar-refractivity contribution in [1.82, 2.24) is 23.9 Å². The van der Waals surface area contributed by atoms with Crippen LogP contribution in [0, 0.1) is 12.8 Å². The molecule has 238 valence electrons. The Hall–Kier alpha value is -2.57. The lowest BCUT2D eigenvalue weighted by Crippen LogP contribution is -2.39. The van der Waals surface area contributed by atoms with Crippen LogP contribution in [-0.2, 0) is 30.1 Å². The molecule has 0 bridgehead atoms. The third-order valence-electron chi connectivity index (χ3n) is 7.60. The summed E-state index contributed by atoms with van der Waals surface area (Å²) < 4.78 is 60.3. The molecule has 0 aliphatic carbocycles. The maximum atomic E-state index is 13.8. The van der Waals surface area contributed by atoms with Crippen LogP contribution in [-0.4, -0.2) is 71.4 Å². The normalized spacial score (nSPS) is 15.4. The van der Waals surface area contributed by atoms with E-state index in [9.17, 15) is 17.8 Å². The lowest BCUT2D eigenvalue weighted by molar-refractivity contribution is 0.207. The fraction of sp³-hybridized carbons (Fsp3) is 0.621. The smallest absolute Gasteiger partial charge is 0.330 e. The molecule has 1 saturated heterocycles. The van der Waals surface area contributed by atoms with Crippen molar-refractivity contribution in [3.05, 3.63) is 40.1 Å². The molecule has 0 saturated carbocycles. The zero-order valence-electron chi connectivity index (χ0n) is 25.8. The van der Waals surface area contributed by atoms with Crippen molar-refractivity contribution in [2.24, 2.45) is 5.92 Å². The molecule has 43 heavy (non-hydrogen) atoms. The molecule has 1 N–H and O–H groups in total. The molecule has 0 spiro atoms. The summed E-state index contributed by atoms with van der Waals surface area (Å²) >= 11 is 0. The van der Waals surface area contributed by atoms with Crippen LogP contribution in [0.1, 0.15) is 71.3 Å². The highest BCUT2D eigenvalue weighted by atomic mass is 32.2. The monoisotopic (exact) mass is 637 g/mol. The van der Waals surface area contributed by atoms with Crippen molar-refractivity contribution in [3.63, 3.8) is 0 Å². The molecule has 2 aromatic heterocycles. The molecule has 3 aromatic rings. The van der Waals surface area contributed by atoms with Gasteiger partial charge in [-0.2, -0.15) is 4.31 Å². The van der Waals surface area contributed by atoms with Gasteiger partial charge in [0, 0.05) is 19.5 Å². The minimum atomic E-state index is -3.88. The van der Waals surface area contributed by atoms with Gasteiger partial charge in [0.05, 0.1) is 42.1 Å². The van der Waals surface area contributed by atoms with Crippen molar-refractivity contribution < 1.29 is 26.8 Å². The average Bonchev–Trinajstić information content (AvgIpc) is 3.29. The van der Waals surface area contributed by atoms with E-state index in [1.165, 1.54) is 16.4 Å². The summed E-state index contributed by atoms with van der Waals surface area (Å²) in [6.45, 7) is 10.8. The Morgan fingerprint density at radius 2 is 1.74 bits per heavy atom. The van der Waals surface area contributed by atoms with Crippen molar-refractivity contribution in [2.75, 3.05) is 39.1 Å². The van der Waals surface area contributed by atoms with Gasteiger partial charge < -0.3 is 18.8 Å². The first kappa shape index (κ1) is 33.3. The number of hydrogen-bond donors (Lipinski definition) is 1. The van der Waals surface area contributed by atoms with E-state index < -0.39 is 17.6 Å². The van der Waals surface area contributed by atoms with Gasteiger partial charge in [-0.1, -0.05) is 19.8 Å². The molecule has 14 heteroatoms. The number of hydrogen-bond acceptors (Lipinski definition) is 9. The molecule has 0 radical (unpaired) electrons. The van der Waals surface area contributed by atoms with Gasteiger partial charge in [0.25, 0.3) is 5.56 Å². The van der Waals surface area contributed by atoms with Gasteiger partial charge in [-0.3, -0.25) is 9.36 Å². The molecule has 1 aromatic carbocycles. The molecule has 4 rings (SSSR count). The van der Waals surface area contributed by atoms with Gasteiger partial charge in [0.2, 0.25) is 10.0 Å². The summed E-state index contributed by atoms with van der Waals surface area (Å²) in [4.78, 5) is 20.7. The molecule has 0 atom stereocenters. The number of unbranched alkanes of at least 4 members (excludes halogenated alkanes) is 2. The number of nitrogens with zero attached hydrogens (tertiary/aromatic N) is 4. The van der Waals surface area contributed by atoms with E-state index in [0.29, 0.717) is 54.2 Å². The second-order valence-corrected chi connectivity index (χ2v) is 14.7. The predicted octanol–water partition coefficient (Wildman–Crippen LogP) is 5.19. The van der Waals surface area contributed by atoms with Crippen LogP contribution in [0.25, 0.3) is 16.9 Å². The maximum Gasteiger partial charge on any atom is 0.330 e. The molecular weight excluding hydrogens is 593 g/mol. The SMILES string of the molecule is CCCCCc1nc(C)c2c(=O)[nH]c(-c3cc(S(=O)(=O)N4CCC(CP(=O)(OCC)OCC)CC4)ccc3OCC)nn12. The van der Waals surface area contributed by atoms with Crippen LogP contribution in [0.3, 0.4) is 0 Å². The topological polar surface area (TPSA) is 145 Å². The van der Waals surface area contributed by atoms with E-state index in [0.717, 1.165) is 19.3 Å². The van der Waals surface area contributed by atoms with Crippen LogP contribution in [0.2, 0.25) is 0 Å². The van der Waals surface area contributed by atoms with Crippen LogP contribution in [0.15, 0.2) is 27.9 Å². The van der Waals surface area contributed by atoms with E-state index in [1.54, 1.807) is 31.4 Å². The van der Waals surface area contributed by atoms with Gasteiger partial charge >= 0.3 is 7.60 Å². The van der Waals surface area contributed by atoms with E-state index in [1.807, 2.05) is 6.92 Å². The predicted molar refractivity (Wildman–Crippen MR) is 165 cm³/mol. The van der Waals surface area contributed by atoms with E-state index >= 15 is 0 Å². The number of fused-ring (bicyclic) bond motifs is 1. The average molecular weight is 638 g/mol. The Morgan fingerprint density at radius 1 is 1.05 bits per heavy atom. The molecule has 0 unspecified atom stereocenters. The first-order valence-electron chi connectivity index (χ1n) is 15.2. The Bertz CT molecular complexity index is 1600. The summed E-state index contributed by atoms with van der Waals surface area (Å²) in [7, 11) is -7.09. The molecule has 1 aliphatic rings. The number of aromatic amines is 1. The zero-order valence-corrected chi connectivity index (χ0v) is 27.5. The number of sulfonamides is 1. The fourth-order valence-electron chi connectivity index (χ4n) is 5.52. The highest BCUT2D eigenvalue weighted by Crippen LogP contribution is 2.51. The molecule has 1 fully saturated rings. The Balaban J connectivity index is 1.63. The van der Waals surface area contributed by atoms with Crippen LogP contribution in [0.4, 0.5) is 0 Å². The summed E-state index contributed by atoms with van der Waals surface area (Å²) in [5.74, 6) is 1.33. The van der Waals surface area contributed by atoms with Gasteiger partial charge in [0.15, 0.2) is 11.3 Å². The highest BCUT2D eigenvalue weighted by Gasteiger charge is 2.35.